The first-order valence-electron chi connectivity index (χ1n) is 9.29. The van der Waals surface area contributed by atoms with E-state index in [2.05, 4.69) is 16.9 Å². The van der Waals surface area contributed by atoms with E-state index in [4.69, 9.17) is 18.9 Å². The molecule has 2 rings (SSSR count). The Morgan fingerprint density at radius 1 is 1.25 bits per heavy atom. The van der Waals surface area contributed by atoms with Crippen LogP contribution in [-0.4, -0.2) is 86.1 Å². The highest BCUT2D eigenvalue weighted by molar-refractivity contribution is 6.03. The molecule has 0 saturated carbocycles. The quantitative estimate of drug-likeness (QED) is 0.441. The van der Waals surface area contributed by atoms with Crippen LogP contribution in [0.4, 0.5) is 0 Å². The summed E-state index contributed by atoms with van der Waals surface area (Å²) in [6.07, 6.45) is 2.50. The number of aromatic hydroxyl groups is 1. The van der Waals surface area contributed by atoms with Gasteiger partial charge in [-0.3, -0.25) is 0 Å². The molecule has 0 spiro atoms. The molecule has 0 amide bonds. The largest absolute Gasteiger partial charge is 0.503 e. The van der Waals surface area contributed by atoms with Crippen LogP contribution in [0.1, 0.15) is 26.0 Å². The lowest BCUT2D eigenvalue weighted by Crippen LogP contribution is -2.39. The standard InChI is InChI=1S/C19H29N3O6/c1-5-8-26-9-10-27-11-12-28-14-6-7-20-15(16(14)23)17-21-19(2,13-22(17)3)18(24)25-4/h6-7,23H,5,8-13H2,1-4H3/t19-/m1/s1. The molecule has 2 heterocycles. The number of likely N-dealkylation sites (N-methyl/N-ethyl adjacent to an activating group) is 1. The molecule has 0 saturated heterocycles. The maximum absolute atomic E-state index is 12.0. The highest BCUT2D eigenvalue weighted by Gasteiger charge is 2.42. The van der Waals surface area contributed by atoms with Gasteiger partial charge in [-0.25, -0.2) is 14.8 Å². The minimum Gasteiger partial charge on any atom is -0.503 e. The second-order valence-corrected chi connectivity index (χ2v) is 6.64. The van der Waals surface area contributed by atoms with Crippen LogP contribution in [0.25, 0.3) is 0 Å². The smallest absolute Gasteiger partial charge is 0.335 e. The summed E-state index contributed by atoms with van der Waals surface area (Å²) in [4.78, 5) is 22.4. The highest BCUT2D eigenvalue weighted by Crippen LogP contribution is 2.32. The van der Waals surface area contributed by atoms with E-state index in [9.17, 15) is 9.90 Å². The van der Waals surface area contributed by atoms with E-state index in [1.165, 1.54) is 13.3 Å². The summed E-state index contributed by atoms with van der Waals surface area (Å²) in [6, 6.07) is 1.57. The van der Waals surface area contributed by atoms with Gasteiger partial charge in [-0.2, -0.15) is 0 Å². The Kier molecular flexibility index (Phi) is 8.01. The van der Waals surface area contributed by atoms with E-state index in [1.54, 1.807) is 24.9 Å². The van der Waals surface area contributed by atoms with Crippen LogP contribution < -0.4 is 4.74 Å². The molecule has 9 heteroatoms. The number of amidine groups is 1. The normalized spacial score (nSPS) is 18.9. The fourth-order valence-electron chi connectivity index (χ4n) is 2.85. The number of pyridine rings is 1. The van der Waals surface area contributed by atoms with Crippen molar-refractivity contribution in [2.75, 3.05) is 53.7 Å². The van der Waals surface area contributed by atoms with Gasteiger partial charge in [-0.1, -0.05) is 6.92 Å². The number of nitrogens with zero attached hydrogens (tertiary/aromatic N) is 3. The summed E-state index contributed by atoms with van der Waals surface area (Å²) < 4.78 is 21.2. The average Bonchev–Trinajstić information content (AvgIpc) is 3.00. The second kappa shape index (κ2) is 10.2. The monoisotopic (exact) mass is 395 g/mol. The molecule has 0 radical (unpaired) electrons. The van der Waals surface area contributed by atoms with Gasteiger partial charge in [0.15, 0.2) is 28.6 Å². The number of aliphatic imine (C=N–C) groups is 1. The van der Waals surface area contributed by atoms with Gasteiger partial charge < -0.3 is 29.0 Å². The molecule has 1 atom stereocenters. The number of carbonyl (C=O) groups excluding carboxylic acids is 1. The molecule has 28 heavy (non-hydrogen) atoms. The zero-order valence-corrected chi connectivity index (χ0v) is 16.9. The number of methoxy groups -OCH3 is 1. The first-order valence-corrected chi connectivity index (χ1v) is 9.29. The Morgan fingerprint density at radius 3 is 2.61 bits per heavy atom. The summed E-state index contributed by atoms with van der Waals surface area (Å²) in [5, 5.41) is 10.6. The number of carbonyl (C=O) groups is 1. The van der Waals surface area contributed by atoms with Crippen molar-refractivity contribution in [1.82, 2.24) is 9.88 Å². The van der Waals surface area contributed by atoms with Crippen LogP contribution in [0.5, 0.6) is 11.5 Å². The zero-order valence-electron chi connectivity index (χ0n) is 16.9. The molecular formula is C19H29N3O6. The molecule has 1 aromatic rings. The minimum atomic E-state index is -1.04. The van der Waals surface area contributed by atoms with Gasteiger partial charge in [0, 0.05) is 25.9 Å². The average molecular weight is 395 g/mol. The number of esters is 1. The number of aromatic nitrogens is 1. The molecule has 0 aromatic carbocycles. The van der Waals surface area contributed by atoms with E-state index >= 15 is 0 Å². The van der Waals surface area contributed by atoms with Crippen molar-refractivity contribution >= 4 is 11.8 Å². The van der Waals surface area contributed by atoms with Crippen molar-refractivity contribution < 1.29 is 28.8 Å². The molecule has 156 valence electrons. The fraction of sp³-hybridized carbons (Fsp3) is 0.632. The summed E-state index contributed by atoms with van der Waals surface area (Å²) >= 11 is 0. The lowest BCUT2D eigenvalue weighted by Gasteiger charge is -2.19. The third-order valence-corrected chi connectivity index (χ3v) is 4.19. The first-order chi connectivity index (χ1) is 13.4. The summed E-state index contributed by atoms with van der Waals surface area (Å²) in [6.45, 7) is 6.46. The molecule has 1 aliphatic rings. The van der Waals surface area contributed by atoms with Crippen LogP contribution in [0, 0.1) is 0 Å². The number of rotatable bonds is 11. The molecular weight excluding hydrogens is 366 g/mol. The van der Waals surface area contributed by atoms with Crippen molar-refractivity contribution in [2.24, 2.45) is 4.99 Å². The van der Waals surface area contributed by atoms with Gasteiger partial charge in [0.05, 0.1) is 33.5 Å². The van der Waals surface area contributed by atoms with Crippen LogP contribution in [0.3, 0.4) is 0 Å². The maximum Gasteiger partial charge on any atom is 0.335 e. The Hall–Kier alpha value is -2.39. The van der Waals surface area contributed by atoms with Gasteiger partial charge >= 0.3 is 5.97 Å². The zero-order chi connectivity index (χ0) is 20.6. The minimum absolute atomic E-state index is 0.131. The first kappa shape index (κ1) is 21.9. The van der Waals surface area contributed by atoms with Gasteiger partial charge in [-0.15, -0.1) is 0 Å². The van der Waals surface area contributed by atoms with Crippen molar-refractivity contribution in [2.45, 2.75) is 25.8 Å². The van der Waals surface area contributed by atoms with Crippen LogP contribution in [-0.2, 0) is 19.0 Å². The Labute approximate surface area is 165 Å². The predicted octanol–water partition coefficient (Wildman–Crippen LogP) is 1.23. The van der Waals surface area contributed by atoms with Gasteiger partial charge in [0.1, 0.15) is 6.61 Å². The summed E-state index contributed by atoms with van der Waals surface area (Å²) in [5.74, 6) is 0.105. The van der Waals surface area contributed by atoms with Crippen LogP contribution in [0.2, 0.25) is 0 Å². The maximum atomic E-state index is 12.0. The molecule has 1 aliphatic heterocycles. The molecule has 0 aliphatic carbocycles. The van der Waals surface area contributed by atoms with Crippen molar-refractivity contribution in [3.63, 3.8) is 0 Å². The van der Waals surface area contributed by atoms with Gasteiger partial charge in [-0.05, 0) is 13.3 Å². The molecule has 0 unspecified atom stereocenters. The predicted molar refractivity (Wildman–Crippen MR) is 103 cm³/mol. The molecule has 1 N–H and O–H groups in total. The Bertz CT molecular complexity index is 696. The third-order valence-electron chi connectivity index (χ3n) is 4.19. The number of hydrogen-bond acceptors (Lipinski definition) is 9. The van der Waals surface area contributed by atoms with Crippen LogP contribution in [0.15, 0.2) is 17.3 Å². The molecule has 1 aromatic heterocycles. The molecule has 9 nitrogen and oxygen atoms in total. The van der Waals surface area contributed by atoms with Crippen molar-refractivity contribution in [3.05, 3.63) is 18.0 Å². The summed E-state index contributed by atoms with van der Waals surface area (Å²) in [5.41, 5.74) is -0.793. The number of ether oxygens (including phenoxy) is 4. The topological polar surface area (TPSA) is 103 Å². The van der Waals surface area contributed by atoms with E-state index in [0.29, 0.717) is 32.2 Å². The molecule has 0 fully saturated rings. The lowest BCUT2D eigenvalue weighted by atomic mass is 10.1. The Morgan fingerprint density at radius 2 is 1.93 bits per heavy atom. The van der Waals surface area contributed by atoms with Crippen molar-refractivity contribution in [3.8, 4) is 11.5 Å². The highest BCUT2D eigenvalue weighted by atomic mass is 16.5. The summed E-state index contributed by atoms with van der Waals surface area (Å²) in [7, 11) is 3.10. The molecule has 0 bridgehead atoms. The van der Waals surface area contributed by atoms with E-state index in [1.807, 2.05) is 0 Å². The van der Waals surface area contributed by atoms with E-state index in [0.717, 1.165) is 13.0 Å². The van der Waals surface area contributed by atoms with Crippen LogP contribution >= 0.6 is 0 Å². The SMILES string of the molecule is CCCOCCOCCOc1ccnc(C2=N[C@@](C)(C(=O)OC)CN2C)c1O. The van der Waals surface area contributed by atoms with E-state index < -0.39 is 11.5 Å². The lowest BCUT2D eigenvalue weighted by molar-refractivity contribution is -0.146. The van der Waals surface area contributed by atoms with E-state index in [-0.39, 0.29) is 23.8 Å². The fourth-order valence-corrected chi connectivity index (χ4v) is 2.85. The third kappa shape index (κ3) is 5.32. The van der Waals surface area contributed by atoms with Crippen molar-refractivity contribution in [1.29, 1.82) is 0 Å². The Balaban J connectivity index is 1.97. The second-order valence-electron chi connectivity index (χ2n) is 6.64. The van der Waals surface area contributed by atoms with Gasteiger partial charge in [0.2, 0.25) is 0 Å². The van der Waals surface area contributed by atoms with Gasteiger partial charge in [0.25, 0.3) is 0 Å². The number of hydrogen-bond donors (Lipinski definition) is 1.